The van der Waals surface area contributed by atoms with Gasteiger partial charge in [-0.3, -0.25) is 9.59 Å². The van der Waals surface area contributed by atoms with E-state index in [1.165, 1.54) is 10.7 Å². The number of benzene rings is 1. The molecule has 160 valence electrons. The highest BCUT2D eigenvalue weighted by Crippen LogP contribution is 2.23. The van der Waals surface area contributed by atoms with Crippen molar-refractivity contribution < 1.29 is 18.0 Å². The predicted molar refractivity (Wildman–Crippen MR) is 113 cm³/mol. The Balaban J connectivity index is 1.66. The van der Waals surface area contributed by atoms with Gasteiger partial charge in [-0.25, -0.2) is 12.7 Å². The topological polar surface area (TPSA) is 95.6 Å². The molecule has 1 heterocycles. The molecule has 0 spiro atoms. The molecule has 7 nitrogen and oxygen atoms in total. The Kier molecular flexibility index (Phi) is 7.29. The Morgan fingerprint density at radius 1 is 1.07 bits per heavy atom. The monoisotopic (exact) mass is 421 g/mol. The largest absolute Gasteiger partial charge is 0.349 e. The predicted octanol–water partition coefficient (Wildman–Crippen LogP) is 2.75. The minimum atomic E-state index is -3.31. The van der Waals surface area contributed by atoms with Gasteiger partial charge in [0.2, 0.25) is 15.9 Å². The number of piperidine rings is 1. The van der Waals surface area contributed by atoms with Crippen molar-refractivity contribution in [3.8, 4) is 0 Å². The van der Waals surface area contributed by atoms with Gasteiger partial charge >= 0.3 is 0 Å². The molecule has 1 saturated heterocycles. The van der Waals surface area contributed by atoms with E-state index in [2.05, 4.69) is 10.6 Å². The lowest BCUT2D eigenvalue weighted by Gasteiger charge is -2.31. The summed E-state index contributed by atoms with van der Waals surface area (Å²) in [5.41, 5.74) is 0.918. The number of nitrogens with zero attached hydrogens (tertiary/aromatic N) is 1. The standard InChI is InChI=1S/C21H31N3O4S/c1-2-29(27,28)24-14-8-9-16(15-24)20(25)23-19-13-7-6-12-18(19)21(26)22-17-10-4-3-5-11-17/h6-7,12-13,16-17H,2-5,8-11,14-15H2,1H3,(H,22,26)(H,23,25). The number of amides is 2. The highest BCUT2D eigenvalue weighted by molar-refractivity contribution is 7.89. The lowest BCUT2D eigenvalue weighted by Crippen LogP contribution is -2.44. The van der Waals surface area contributed by atoms with Crippen LogP contribution >= 0.6 is 0 Å². The molecule has 2 amide bonds. The average Bonchev–Trinajstić information content (AvgIpc) is 2.75. The van der Waals surface area contributed by atoms with Crippen LogP contribution < -0.4 is 10.6 Å². The minimum Gasteiger partial charge on any atom is -0.349 e. The molecule has 29 heavy (non-hydrogen) atoms. The fourth-order valence-corrected chi connectivity index (χ4v) is 5.31. The van der Waals surface area contributed by atoms with Gasteiger partial charge in [0.15, 0.2) is 0 Å². The third-order valence-electron chi connectivity index (χ3n) is 5.88. The Morgan fingerprint density at radius 3 is 2.52 bits per heavy atom. The number of carbonyl (C=O) groups excluding carboxylic acids is 2. The van der Waals surface area contributed by atoms with Crippen LogP contribution in [0.4, 0.5) is 5.69 Å². The van der Waals surface area contributed by atoms with Gasteiger partial charge in [-0.1, -0.05) is 31.4 Å². The second-order valence-electron chi connectivity index (χ2n) is 7.94. The Bertz CT molecular complexity index is 834. The van der Waals surface area contributed by atoms with Crippen molar-refractivity contribution in [1.29, 1.82) is 0 Å². The van der Waals surface area contributed by atoms with Gasteiger partial charge < -0.3 is 10.6 Å². The Hall–Kier alpha value is -1.93. The minimum absolute atomic E-state index is 0.0332. The van der Waals surface area contributed by atoms with E-state index in [0.717, 1.165) is 25.7 Å². The number of hydrogen-bond donors (Lipinski definition) is 2. The van der Waals surface area contributed by atoms with Crippen LogP contribution in [0.5, 0.6) is 0 Å². The fraction of sp³-hybridized carbons (Fsp3) is 0.619. The van der Waals surface area contributed by atoms with E-state index in [9.17, 15) is 18.0 Å². The number of nitrogens with one attached hydrogen (secondary N) is 2. The van der Waals surface area contributed by atoms with Crippen molar-refractivity contribution in [2.24, 2.45) is 5.92 Å². The van der Waals surface area contributed by atoms with Gasteiger partial charge in [0.05, 0.1) is 22.9 Å². The molecule has 2 N–H and O–H groups in total. The van der Waals surface area contributed by atoms with Gasteiger partial charge in [0.25, 0.3) is 5.91 Å². The van der Waals surface area contributed by atoms with Crippen LogP contribution in [0.3, 0.4) is 0 Å². The number of rotatable bonds is 6. The van der Waals surface area contributed by atoms with Crippen LogP contribution in [-0.2, 0) is 14.8 Å². The highest BCUT2D eigenvalue weighted by Gasteiger charge is 2.32. The van der Waals surface area contributed by atoms with E-state index in [-0.39, 0.29) is 30.2 Å². The summed E-state index contributed by atoms with van der Waals surface area (Å²) in [4.78, 5) is 25.6. The molecule has 1 aliphatic carbocycles. The summed E-state index contributed by atoms with van der Waals surface area (Å²) in [5, 5.41) is 5.95. The number of anilines is 1. The summed E-state index contributed by atoms with van der Waals surface area (Å²) in [5.74, 6) is -0.795. The molecule has 0 radical (unpaired) electrons. The molecule has 1 unspecified atom stereocenters. The summed E-state index contributed by atoms with van der Waals surface area (Å²) >= 11 is 0. The summed E-state index contributed by atoms with van der Waals surface area (Å²) in [7, 11) is -3.31. The van der Waals surface area contributed by atoms with Crippen LogP contribution in [0.25, 0.3) is 0 Å². The van der Waals surface area contributed by atoms with E-state index in [4.69, 9.17) is 0 Å². The zero-order valence-corrected chi connectivity index (χ0v) is 17.8. The number of para-hydroxylation sites is 1. The van der Waals surface area contributed by atoms with Gasteiger partial charge in [-0.05, 0) is 44.7 Å². The molecule has 2 fully saturated rings. The molecule has 0 aromatic heterocycles. The van der Waals surface area contributed by atoms with Gasteiger partial charge in [-0.2, -0.15) is 0 Å². The molecule has 0 bridgehead atoms. The molecule has 2 aliphatic rings. The third-order valence-corrected chi connectivity index (χ3v) is 7.73. The van der Waals surface area contributed by atoms with Crippen LogP contribution in [0.1, 0.15) is 62.2 Å². The van der Waals surface area contributed by atoms with Gasteiger partial charge in [-0.15, -0.1) is 0 Å². The smallest absolute Gasteiger partial charge is 0.253 e. The molecule has 1 aromatic rings. The second kappa shape index (κ2) is 9.71. The van der Waals surface area contributed by atoms with E-state index >= 15 is 0 Å². The first-order valence-corrected chi connectivity index (χ1v) is 12.2. The zero-order valence-electron chi connectivity index (χ0n) is 17.0. The molecular weight excluding hydrogens is 390 g/mol. The van der Waals surface area contributed by atoms with Crippen LogP contribution in [-0.4, -0.2) is 49.4 Å². The van der Waals surface area contributed by atoms with Crippen molar-refractivity contribution in [1.82, 2.24) is 9.62 Å². The number of sulfonamides is 1. The molecular formula is C21H31N3O4S. The first-order valence-electron chi connectivity index (χ1n) is 10.6. The zero-order chi connectivity index (χ0) is 20.9. The molecule has 3 rings (SSSR count). The molecule has 1 atom stereocenters. The maximum absolute atomic E-state index is 12.8. The van der Waals surface area contributed by atoms with Crippen molar-refractivity contribution in [2.45, 2.75) is 57.9 Å². The van der Waals surface area contributed by atoms with E-state index in [1.807, 2.05) is 0 Å². The highest BCUT2D eigenvalue weighted by atomic mass is 32.2. The third kappa shape index (κ3) is 5.57. The molecule has 1 saturated carbocycles. The second-order valence-corrected chi connectivity index (χ2v) is 10.2. The maximum atomic E-state index is 12.8. The van der Waals surface area contributed by atoms with Crippen molar-refractivity contribution in [2.75, 3.05) is 24.2 Å². The van der Waals surface area contributed by atoms with Crippen LogP contribution in [0.2, 0.25) is 0 Å². The van der Waals surface area contributed by atoms with E-state index in [0.29, 0.717) is 30.6 Å². The quantitative estimate of drug-likeness (QED) is 0.738. The fourth-order valence-electron chi connectivity index (χ4n) is 4.13. The van der Waals surface area contributed by atoms with Crippen molar-refractivity contribution in [3.05, 3.63) is 29.8 Å². The molecule has 1 aromatic carbocycles. The summed E-state index contributed by atoms with van der Waals surface area (Å²) in [6, 6.07) is 7.18. The van der Waals surface area contributed by atoms with Gasteiger partial charge in [0, 0.05) is 19.1 Å². The molecule has 1 aliphatic heterocycles. The maximum Gasteiger partial charge on any atom is 0.253 e. The number of hydrogen-bond acceptors (Lipinski definition) is 4. The lowest BCUT2D eigenvalue weighted by atomic mass is 9.95. The Labute approximate surface area is 173 Å². The Morgan fingerprint density at radius 2 is 1.79 bits per heavy atom. The van der Waals surface area contributed by atoms with E-state index < -0.39 is 15.9 Å². The average molecular weight is 422 g/mol. The summed E-state index contributed by atoms with van der Waals surface area (Å²) in [6.45, 7) is 2.26. The van der Waals surface area contributed by atoms with Crippen molar-refractivity contribution >= 4 is 27.5 Å². The van der Waals surface area contributed by atoms with Gasteiger partial charge in [0.1, 0.15) is 0 Å². The van der Waals surface area contributed by atoms with E-state index in [1.54, 1.807) is 31.2 Å². The normalized spacial score (nSPS) is 21.5. The summed E-state index contributed by atoms with van der Waals surface area (Å²) in [6.07, 6.45) is 6.74. The SMILES string of the molecule is CCS(=O)(=O)N1CCCC(C(=O)Nc2ccccc2C(=O)NC2CCCCC2)C1. The molecule has 8 heteroatoms. The first kappa shape index (κ1) is 21.8. The first-order chi connectivity index (χ1) is 13.9. The summed E-state index contributed by atoms with van der Waals surface area (Å²) < 4.78 is 25.7. The van der Waals surface area contributed by atoms with Crippen molar-refractivity contribution in [3.63, 3.8) is 0 Å². The number of carbonyl (C=O) groups is 2. The van der Waals surface area contributed by atoms with Crippen LogP contribution in [0, 0.1) is 5.92 Å². The lowest BCUT2D eigenvalue weighted by molar-refractivity contribution is -0.120. The van der Waals surface area contributed by atoms with Crippen LogP contribution in [0.15, 0.2) is 24.3 Å².